The normalized spacial score (nSPS) is 10.4. The van der Waals surface area contributed by atoms with Gasteiger partial charge in [0.2, 0.25) is 0 Å². The number of rotatable bonds is 4. The third kappa shape index (κ3) is 2.79. The van der Waals surface area contributed by atoms with Crippen LogP contribution < -0.4 is 16.8 Å². The lowest BCUT2D eigenvalue weighted by atomic mass is 10.2. The van der Waals surface area contributed by atoms with Crippen LogP contribution in [0.3, 0.4) is 0 Å². The highest BCUT2D eigenvalue weighted by molar-refractivity contribution is 7.11. The highest BCUT2D eigenvalue weighted by Gasteiger charge is 2.16. The summed E-state index contributed by atoms with van der Waals surface area (Å²) >= 11 is 0.976. The van der Waals surface area contributed by atoms with Gasteiger partial charge in [-0.15, -0.1) is 0 Å². The molecule has 5 N–H and O–H groups in total. The minimum absolute atomic E-state index is 0.0466. The number of hydrogen-bond donors (Lipinski definition) is 3. The fourth-order valence-electron chi connectivity index (χ4n) is 1.49. The SMILES string of the molecule is NC(=O)c1c(N)nsc1NCc1ccc(F)c(F)c1. The lowest BCUT2D eigenvalue weighted by Crippen LogP contribution is -2.14. The van der Waals surface area contributed by atoms with Crippen molar-refractivity contribution >= 4 is 28.3 Å². The molecule has 0 saturated heterocycles. The smallest absolute Gasteiger partial charge is 0.255 e. The second kappa shape index (κ2) is 5.19. The minimum atomic E-state index is -0.932. The standard InChI is InChI=1S/C11H10F2N4OS/c12-6-2-1-5(3-7(6)13)4-16-11-8(10(15)18)9(14)17-19-11/h1-3,16H,4H2,(H2,14,17)(H2,15,18). The number of benzene rings is 1. The molecule has 0 spiro atoms. The summed E-state index contributed by atoms with van der Waals surface area (Å²) in [5.41, 5.74) is 11.3. The Hall–Kier alpha value is -2.22. The largest absolute Gasteiger partial charge is 0.382 e. The summed E-state index contributed by atoms with van der Waals surface area (Å²) in [5, 5.41) is 3.26. The summed E-state index contributed by atoms with van der Waals surface area (Å²) in [7, 11) is 0. The number of carbonyl (C=O) groups excluding carboxylic acids is 1. The molecular weight excluding hydrogens is 274 g/mol. The average Bonchev–Trinajstić information content (AvgIpc) is 2.72. The molecule has 1 aromatic heterocycles. The number of halogens is 2. The maximum atomic E-state index is 13.0. The van der Waals surface area contributed by atoms with Gasteiger partial charge in [-0.2, -0.15) is 4.37 Å². The van der Waals surface area contributed by atoms with Crippen LogP contribution in [0.2, 0.25) is 0 Å². The van der Waals surface area contributed by atoms with E-state index in [1.165, 1.54) is 6.07 Å². The Morgan fingerprint density at radius 2 is 2.11 bits per heavy atom. The van der Waals surface area contributed by atoms with E-state index in [0.29, 0.717) is 10.6 Å². The number of aromatic nitrogens is 1. The summed E-state index contributed by atoms with van der Waals surface area (Å²) in [6.07, 6.45) is 0. The van der Waals surface area contributed by atoms with Crippen LogP contribution in [0.1, 0.15) is 15.9 Å². The molecule has 1 amide bonds. The van der Waals surface area contributed by atoms with E-state index in [2.05, 4.69) is 9.69 Å². The molecule has 1 heterocycles. The monoisotopic (exact) mass is 284 g/mol. The number of nitrogens with two attached hydrogens (primary N) is 2. The lowest BCUT2D eigenvalue weighted by molar-refractivity contribution is 0.100. The first-order chi connectivity index (χ1) is 8.99. The quantitative estimate of drug-likeness (QED) is 0.796. The summed E-state index contributed by atoms with van der Waals surface area (Å²) < 4.78 is 29.6. The molecule has 8 heteroatoms. The predicted octanol–water partition coefficient (Wildman–Crippen LogP) is 1.71. The summed E-state index contributed by atoms with van der Waals surface area (Å²) in [6.45, 7) is 0.194. The Bertz CT molecular complexity index is 629. The molecule has 2 aromatic rings. The van der Waals surface area contributed by atoms with E-state index in [1.807, 2.05) is 0 Å². The topological polar surface area (TPSA) is 94.0 Å². The van der Waals surface area contributed by atoms with Crippen molar-refractivity contribution in [2.45, 2.75) is 6.54 Å². The Morgan fingerprint density at radius 1 is 1.37 bits per heavy atom. The van der Waals surface area contributed by atoms with Crippen LogP contribution in [0.25, 0.3) is 0 Å². The number of amides is 1. The van der Waals surface area contributed by atoms with Crippen molar-refractivity contribution in [1.29, 1.82) is 0 Å². The van der Waals surface area contributed by atoms with Crippen LogP contribution in [-0.2, 0) is 6.54 Å². The first-order valence-electron chi connectivity index (χ1n) is 5.21. The Kier molecular flexibility index (Phi) is 3.61. The minimum Gasteiger partial charge on any atom is -0.382 e. The number of primary amides is 1. The molecule has 19 heavy (non-hydrogen) atoms. The number of carbonyl (C=O) groups is 1. The van der Waals surface area contributed by atoms with Crippen molar-refractivity contribution < 1.29 is 13.6 Å². The van der Waals surface area contributed by atoms with Crippen LogP contribution in [0.15, 0.2) is 18.2 Å². The van der Waals surface area contributed by atoms with Crippen molar-refractivity contribution in [3.8, 4) is 0 Å². The van der Waals surface area contributed by atoms with Gasteiger partial charge in [0.05, 0.1) is 0 Å². The van der Waals surface area contributed by atoms with Crippen LogP contribution in [0, 0.1) is 11.6 Å². The average molecular weight is 284 g/mol. The molecule has 0 fully saturated rings. The van der Waals surface area contributed by atoms with E-state index in [-0.39, 0.29) is 17.9 Å². The van der Waals surface area contributed by atoms with Crippen LogP contribution in [0.4, 0.5) is 19.6 Å². The molecule has 0 atom stereocenters. The van der Waals surface area contributed by atoms with Gasteiger partial charge in [0.1, 0.15) is 10.6 Å². The van der Waals surface area contributed by atoms with Gasteiger partial charge in [-0.05, 0) is 29.2 Å². The van der Waals surface area contributed by atoms with Gasteiger partial charge in [0.15, 0.2) is 17.5 Å². The summed E-state index contributed by atoms with van der Waals surface area (Å²) in [4.78, 5) is 11.2. The van der Waals surface area contributed by atoms with Crippen molar-refractivity contribution in [2.24, 2.45) is 5.73 Å². The highest BCUT2D eigenvalue weighted by atomic mass is 32.1. The zero-order chi connectivity index (χ0) is 14.0. The van der Waals surface area contributed by atoms with Crippen molar-refractivity contribution in [3.63, 3.8) is 0 Å². The summed E-state index contributed by atoms with van der Waals surface area (Å²) in [6, 6.07) is 3.53. The molecule has 0 aliphatic carbocycles. The highest BCUT2D eigenvalue weighted by Crippen LogP contribution is 2.26. The molecule has 2 rings (SSSR count). The molecule has 0 unspecified atom stereocenters. The third-order valence-electron chi connectivity index (χ3n) is 2.40. The van der Waals surface area contributed by atoms with Gasteiger partial charge in [0.25, 0.3) is 5.91 Å². The third-order valence-corrected chi connectivity index (χ3v) is 3.22. The van der Waals surface area contributed by atoms with Crippen molar-refractivity contribution in [3.05, 3.63) is 41.0 Å². The van der Waals surface area contributed by atoms with Gasteiger partial charge in [-0.1, -0.05) is 6.07 Å². The van der Waals surface area contributed by atoms with E-state index in [9.17, 15) is 13.6 Å². The van der Waals surface area contributed by atoms with E-state index in [4.69, 9.17) is 11.5 Å². The number of anilines is 2. The van der Waals surface area contributed by atoms with Gasteiger partial charge in [0, 0.05) is 6.54 Å². The fraction of sp³-hybridized carbons (Fsp3) is 0.0909. The van der Waals surface area contributed by atoms with E-state index < -0.39 is 17.5 Å². The predicted molar refractivity (Wildman–Crippen MR) is 68.7 cm³/mol. The van der Waals surface area contributed by atoms with Gasteiger partial charge in [-0.3, -0.25) is 4.79 Å². The Labute approximate surface area is 111 Å². The van der Waals surface area contributed by atoms with E-state index in [0.717, 1.165) is 23.7 Å². The molecule has 0 aliphatic heterocycles. The van der Waals surface area contributed by atoms with Crippen molar-refractivity contribution in [2.75, 3.05) is 11.1 Å². The fourth-order valence-corrected chi connectivity index (χ4v) is 2.21. The second-order valence-electron chi connectivity index (χ2n) is 3.74. The maximum Gasteiger partial charge on any atom is 0.255 e. The number of nitrogens with one attached hydrogen (secondary N) is 1. The van der Waals surface area contributed by atoms with Crippen molar-refractivity contribution in [1.82, 2.24) is 4.37 Å². The maximum absolute atomic E-state index is 13.0. The molecule has 0 bridgehead atoms. The van der Waals surface area contributed by atoms with E-state index >= 15 is 0 Å². The number of nitrogen functional groups attached to an aromatic ring is 1. The summed E-state index contributed by atoms with van der Waals surface area (Å²) in [5.74, 6) is -2.49. The van der Waals surface area contributed by atoms with Gasteiger partial charge >= 0.3 is 0 Å². The molecule has 5 nitrogen and oxygen atoms in total. The molecular formula is C11H10F2N4OS. The zero-order valence-corrected chi connectivity index (χ0v) is 10.4. The second-order valence-corrected chi connectivity index (χ2v) is 4.51. The van der Waals surface area contributed by atoms with Crippen LogP contribution in [-0.4, -0.2) is 10.3 Å². The van der Waals surface area contributed by atoms with Crippen LogP contribution in [0.5, 0.6) is 0 Å². The number of nitrogens with zero attached hydrogens (tertiary/aromatic N) is 1. The molecule has 0 saturated carbocycles. The molecule has 0 aliphatic rings. The van der Waals surface area contributed by atoms with Gasteiger partial charge in [-0.25, -0.2) is 8.78 Å². The number of hydrogen-bond acceptors (Lipinski definition) is 5. The Morgan fingerprint density at radius 3 is 2.74 bits per heavy atom. The molecule has 1 aromatic carbocycles. The lowest BCUT2D eigenvalue weighted by Gasteiger charge is -2.05. The molecule has 0 radical (unpaired) electrons. The first kappa shape index (κ1) is 13.2. The Balaban J connectivity index is 2.14. The van der Waals surface area contributed by atoms with Crippen LogP contribution >= 0.6 is 11.5 Å². The zero-order valence-electron chi connectivity index (χ0n) is 9.61. The van der Waals surface area contributed by atoms with E-state index in [1.54, 1.807) is 0 Å². The van der Waals surface area contributed by atoms with Gasteiger partial charge < -0.3 is 16.8 Å². The first-order valence-corrected chi connectivity index (χ1v) is 5.99. The molecule has 100 valence electrons.